The third-order valence-corrected chi connectivity index (χ3v) is 5.31. The van der Waals surface area contributed by atoms with Crippen LogP contribution in [0.4, 0.5) is 0 Å². The highest BCUT2D eigenvalue weighted by atomic mass is 32.2. The molecule has 0 atom stereocenters. The fourth-order valence-electron chi connectivity index (χ4n) is 2.44. The van der Waals surface area contributed by atoms with Crippen LogP contribution in [-0.2, 0) is 22.9 Å². The highest BCUT2D eigenvalue weighted by Gasteiger charge is 2.12. The van der Waals surface area contributed by atoms with E-state index in [4.69, 9.17) is 0 Å². The van der Waals surface area contributed by atoms with Gasteiger partial charge in [-0.25, -0.2) is 13.1 Å². The monoisotopic (exact) mass is 331 g/mol. The number of sulfonamides is 1. The Balaban J connectivity index is 1.83. The second-order valence-corrected chi connectivity index (χ2v) is 7.50. The quantitative estimate of drug-likeness (QED) is 0.707. The highest BCUT2D eigenvalue weighted by molar-refractivity contribution is 7.89. The van der Waals surface area contributed by atoms with Crippen LogP contribution in [0.2, 0.25) is 0 Å². The number of nitrogens with one attached hydrogen (secondary N) is 1. The maximum Gasteiger partial charge on any atom is 0.240 e. The van der Waals surface area contributed by atoms with E-state index in [1.54, 1.807) is 12.1 Å². The van der Waals surface area contributed by atoms with Gasteiger partial charge >= 0.3 is 0 Å². The molecule has 124 valence electrons. The average Bonchev–Trinajstić information content (AvgIpc) is 2.58. The van der Waals surface area contributed by atoms with E-state index in [2.05, 4.69) is 23.8 Å². The van der Waals surface area contributed by atoms with Crippen LogP contribution in [0.25, 0.3) is 0 Å². The molecule has 2 aromatic rings. The molecule has 23 heavy (non-hydrogen) atoms. The molecule has 0 unspecified atom stereocenters. The highest BCUT2D eigenvalue weighted by Crippen LogP contribution is 2.12. The Morgan fingerprint density at radius 2 is 1.43 bits per heavy atom. The van der Waals surface area contributed by atoms with Crippen molar-refractivity contribution in [2.45, 2.75) is 43.9 Å². The van der Waals surface area contributed by atoms with Crippen molar-refractivity contribution in [1.29, 1.82) is 0 Å². The lowest BCUT2D eigenvalue weighted by atomic mass is 10.1. The van der Waals surface area contributed by atoms with Gasteiger partial charge in [-0.1, -0.05) is 55.8 Å². The Hall–Kier alpha value is -1.65. The molecule has 0 radical (unpaired) electrons. The minimum Gasteiger partial charge on any atom is -0.211 e. The third kappa shape index (κ3) is 5.81. The molecule has 3 nitrogen and oxygen atoms in total. The minimum atomic E-state index is -3.40. The number of hydrogen-bond donors (Lipinski definition) is 1. The molecular weight excluding hydrogens is 306 g/mol. The summed E-state index contributed by atoms with van der Waals surface area (Å²) in [6.45, 7) is 2.60. The fraction of sp³-hybridized carbons (Fsp3) is 0.368. The van der Waals surface area contributed by atoms with Gasteiger partial charge in [0, 0.05) is 6.54 Å². The predicted molar refractivity (Wildman–Crippen MR) is 95.0 cm³/mol. The van der Waals surface area contributed by atoms with E-state index in [1.165, 1.54) is 11.1 Å². The first kappa shape index (κ1) is 17.7. The van der Waals surface area contributed by atoms with E-state index in [1.807, 2.05) is 30.3 Å². The number of unbranched alkanes of at least 4 members (excludes halogenated alkanes) is 1. The van der Waals surface area contributed by atoms with Gasteiger partial charge < -0.3 is 0 Å². The standard InChI is InChI=1S/C19H25NO2S/c1-2-3-8-18-12-14-19(15-13-18)23(21,22)20-16-7-11-17-9-5-4-6-10-17/h4-6,9-10,12-15,20H,2-3,7-8,11,16H2,1H3. The molecule has 0 bridgehead atoms. The number of hydrogen-bond acceptors (Lipinski definition) is 2. The van der Waals surface area contributed by atoms with Crippen molar-refractivity contribution < 1.29 is 8.42 Å². The van der Waals surface area contributed by atoms with Crippen LogP contribution in [0.3, 0.4) is 0 Å². The molecule has 0 spiro atoms. The van der Waals surface area contributed by atoms with Gasteiger partial charge in [-0.05, 0) is 48.9 Å². The molecule has 4 heteroatoms. The first-order valence-corrected chi connectivity index (χ1v) is 9.72. The molecule has 0 aromatic heterocycles. The Morgan fingerprint density at radius 3 is 2.09 bits per heavy atom. The number of aryl methyl sites for hydroxylation is 2. The van der Waals surface area contributed by atoms with Crippen LogP contribution >= 0.6 is 0 Å². The summed E-state index contributed by atoms with van der Waals surface area (Å²) in [5, 5.41) is 0. The Labute approximate surface area is 139 Å². The van der Waals surface area contributed by atoms with Crippen molar-refractivity contribution in [3.63, 3.8) is 0 Å². The molecule has 0 aliphatic heterocycles. The van der Waals surface area contributed by atoms with Gasteiger partial charge in [-0.2, -0.15) is 0 Å². The minimum absolute atomic E-state index is 0.345. The van der Waals surface area contributed by atoms with Crippen molar-refractivity contribution in [1.82, 2.24) is 4.72 Å². The summed E-state index contributed by atoms with van der Waals surface area (Å²) in [5.41, 5.74) is 2.42. The number of benzene rings is 2. The van der Waals surface area contributed by atoms with E-state index in [-0.39, 0.29) is 0 Å². The van der Waals surface area contributed by atoms with E-state index < -0.39 is 10.0 Å². The van der Waals surface area contributed by atoms with Crippen LogP contribution in [0.15, 0.2) is 59.5 Å². The summed E-state index contributed by atoms with van der Waals surface area (Å²) in [6.07, 6.45) is 4.94. The van der Waals surface area contributed by atoms with Gasteiger partial charge in [0.15, 0.2) is 0 Å². The zero-order chi connectivity index (χ0) is 16.5. The third-order valence-electron chi connectivity index (χ3n) is 3.83. The van der Waals surface area contributed by atoms with Gasteiger partial charge in [0.25, 0.3) is 0 Å². The molecule has 1 N–H and O–H groups in total. The molecular formula is C19H25NO2S. The zero-order valence-corrected chi connectivity index (χ0v) is 14.5. The smallest absolute Gasteiger partial charge is 0.211 e. The Kier molecular flexibility index (Phi) is 6.81. The molecule has 0 fully saturated rings. The summed E-state index contributed by atoms with van der Waals surface area (Å²) in [5.74, 6) is 0. The SMILES string of the molecule is CCCCc1ccc(S(=O)(=O)NCCCc2ccccc2)cc1. The van der Waals surface area contributed by atoms with Crippen LogP contribution < -0.4 is 4.72 Å². The van der Waals surface area contributed by atoms with E-state index in [0.717, 1.165) is 32.1 Å². The topological polar surface area (TPSA) is 46.2 Å². The van der Waals surface area contributed by atoms with Gasteiger partial charge in [0.2, 0.25) is 10.0 Å². The molecule has 2 aromatic carbocycles. The van der Waals surface area contributed by atoms with Crippen LogP contribution in [0, 0.1) is 0 Å². The zero-order valence-electron chi connectivity index (χ0n) is 13.7. The second kappa shape index (κ2) is 8.85. The lowest BCUT2D eigenvalue weighted by Crippen LogP contribution is -2.25. The maximum absolute atomic E-state index is 12.3. The molecule has 0 heterocycles. The lowest BCUT2D eigenvalue weighted by molar-refractivity contribution is 0.579. The molecule has 0 amide bonds. The van der Waals surface area contributed by atoms with Crippen molar-refractivity contribution in [3.8, 4) is 0 Å². The largest absolute Gasteiger partial charge is 0.240 e. The Morgan fingerprint density at radius 1 is 0.826 bits per heavy atom. The number of rotatable bonds is 9. The maximum atomic E-state index is 12.3. The van der Waals surface area contributed by atoms with Gasteiger partial charge in [0.1, 0.15) is 0 Å². The van der Waals surface area contributed by atoms with E-state index in [9.17, 15) is 8.42 Å². The first-order chi connectivity index (χ1) is 11.1. The van der Waals surface area contributed by atoms with Crippen molar-refractivity contribution in [2.75, 3.05) is 6.54 Å². The first-order valence-electron chi connectivity index (χ1n) is 8.24. The second-order valence-electron chi connectivity index (χ2n) is 5.73. The molecule has 0 saturated carbocycles. The molecule has 2 rings (SSSR count). The normalized spacial score (nSPS) is 11.5. The van der Waals surface area contributed by atoms with Crippen molar-refractivity contribution in [2.24, 2.45) is 0 Å². The summed E-state index contributed by atoms with van der Waals surface area (Å²) < 4.78 is 27.2. The Bertz CT molecular complexity index is 679. The average molecular weight is 331 g/mol. The van der Waals surface area contributed by atoms with Gasteiger partial charge in [0.05, 0.1) is 4.90 Å². The molecule has 0 saturated heterocycles. The van der Waals surface area contributed by atoms with Crippen molar-refractivity contribution >= 4 is 10.0 Å². The predicted octanol–water partition coefficient (Wildman–Crippen LogP) is 3.94. The van der Waals surface area contributed by atoms with Crippen LogP contribution in [-0.4, -0.2) is 15.0 Å². The van der Waals surface area contributed by atoms with E-state index >= 15 is 0 Å². The fourth-order valence-corrected chi connectivity index (χ4v) is 3.52. The van der Waals surface area contributed by atoms with E-state index in [0.29, 0.717) is 11.4 Å². The van der Waals surface area contributed by atoms with Crippen LogP contribution in [0.5, 0.6) is 0 Å². The molecule has 0 aliphatic carbocycles. The summed E-state index contributed by atoms with van der Waals surface area (Å²) in [4.78, 5) is 0.345. The van der Waals surface area contributed by atoms with Gasteiger partial charge in [-0.3, -0.25) is 0 Å². The lowest BCUT2D eigenvalue weighted by Gasteiger charge is -2.08. The summed E-state index contributed by atoms with van der Waals surface area (Å²) in [6, 6.07) is 17.3. The summed E-state index contributed by atoms with van der Waals surface area (Å²) in [7, 11) is -3.40. The van der Waals surface area contributed by atoms with Crippen molar-refractivity contribution in [3.05, 3.63) is 65.7 Å². The summed E-state index contributed by atoms with van der Waals surface area (Å²) >= 11 is 0. The molecule has 0 aliphatic rings. The van der Waals surface area contributed by atoms with Crippen LogP contribution in [0.1, 0.15) is 37.3 Å². The van der Waals surface area contributed by atoms with Gasteiger partial charge in [-0.15, -0.1) is 0 Å².